The molecule has 0 aromatic heterocycles. The monoisotopic (exact) mass is 379 g/mol. The average Bonchev–Trinajstić information content (AvgIpc) is 2.58. The third kappa shape index (κ3) is 4.19. The van der Waals surface area contributed by atoms with Crippen LogP contribution in [0.25, 0.3) is 0 Å². The minimum atomic E-state index is 0.127. The maximum Gasteiger partial charge on any atom is 0.317 e. The molecule has 1 saturated heterocycles. The van der Waals surface area contributed by atoms with Gasteiger partial charge in [-0.05, 0) is 37.5 Å². The van der Waals surface area contributed by atoms with Gasteiger partial charge in [0, 0.05) is 42.4 Å². The van der Waals surface area contributed by atoms with Gasteiger partial charge in [-0.3, -0.25) is 0 Å². The molecule has 0 radical (unpaired) electrons. The number of nitrogens with one attached hydrogen (secondary N) is 1. The zero-order chi connectivity index (χ0) is 16.2. The Labute approximate surface area is 147 Å². The number of carbonyl (C=O) groups excluding carboxylic acids is 1. The van der Waals surface area contributed by atoms with Crippen LogP contribution in [0.15, 0.2) is 22.7 Å². The molecule has 126 valence electrons. The lowest BCUT2D eigenvalue weighted by Gasteiger charge is -2.37. The minimum absolute atomic E-state index is 0.127. The summed E-state index contributed by atoms with van der Waals surface area (Å²) >= 11 is 3.60. The van der Waals surface area contributed by atoms with Crippen molar-refractivity contribution in [3.8, 4) is 0 Å². The number of hydrogen-bond donors (Lipinski definition) is 1. The number of hydrogen-bond acceptors (Lipinski definition) is 2. The number of urea groups is 1. The van der Waals surface area contributed by atoms with Crippen LogP contribution in [0, 0.1) is 6.92 Å². The van der Waals surface area contributed by atoms with Crippen molar-refractivity contribution in [3.05, 3.63) is 28.2 Å². The van der Waals surface area contributed by atoms with Crippen LogP contribution in [0.1, 0.15) is 37.7 Å². The van der Waals surface area contributed by atoms with Gasteiger partial charge in [0.15, 0.2) is 0 Å². The third-order valence-electron chi connectivity index (χ3n) is 5.02. The number of halogens is 1. The minimum Gasteiger partial charge on any atom is -0.368 e. The molecule has 1 N–H and O–H groups in total. The normalized spacial score (nSPS) is 19.7. The maximum absolute atomic E-state index is 12.4. The Morgan fingerprint density at radius 2 is 1.83 bits per heavy atom. The molecule has 1 heterocycles. The first-order chi connectivity index (χ1) is 11.1. The summed E-state index contributed by atoms with van der Waals surface area (Å²) in [5, 5.41) is 3.22. The van der Waals surface area contributed by atoms with Crippen LogP contribution in [0.3, 0.4) is 0 Å². The van der Waals surface area contributed by atoms with Gasteiger partial charge < -0.3 is 15.1 Å². The molecular formula is C18H26BrN3O. The number of amides is 2. The van der Waals surface area contributed by atoms with Crippen molar-refractivity contribution in [1.29, 1.82) is 0 Å². The fraction of sp³-hybridized carbons (Fsp3) is 0.611. The molecule has 5 heteroatoms. The van der Waals surface area contributed by atoms with Crippen molar-refractivity contribution < 1.29 is 4.79 Å². The summed E-state index contributed by atoms with van der Waals surface area (Å²) in [6, 6.07) is 7.00. The lowest BCUT2D eigenvalue weighted by Crippen LogP contribution is -2.53. The Kier molecular flexibility index (Phi) is 5.46. The molecule has 1 aromatic rings. The zero-order valence-corrected chi connectivity index (χ0v) is 15.4. The second kappa shape index (κ2) is 7.56. The molecule has 2 aliphatic rings. The molecule has 3 rings (SSSR count). The van der Waals surface area contributed by atoms with E-state index >= 15 is 0 Å². The summed E-state index contributed by atoms with van der Waals surface area (Å²) in [5.41, 5.74) is 2.48. The molecule has 1 aromatic carbocycles. The van der Waals surface area contributed by atoms with Crippen molar-refractivity contribution >= 4 is 27.6 Å². The van der Waals surface area contributed by atoms with Gasteiger partial charge in [0.1, 0.15) is 0 Å². The molecule has 0 spiro atoms. The summed E-state index contributed by atoms with van der Waals surface area (Å²) in [7, 11) is 0. The van der Waals surface area contributed by atoms with Gasteiger partial charge in [-0.25, -0.2) is 4.79 Å². The summed E-state index contributed by atoms with van der Waals surface area (Å²) in [4.78, 5) is 16.7. The van der Waals surface area contributed by atoms with Gasteiger partial charge in [-0.1, -0.05) is 41.3 Å². The number of rotatable bonds is 2. The first-order valence-electron chi connectivity index (χ1n) is 8.70. The highest BCUT2D eigenvalue weighted by atomic mass is 79.9. The predicted octanol–water partition coefficient (Wildman–Crippen LogP) is 3.92. The van der Waals surface area contributed by atoms with E-state index in [0.717, 1.165) is 43.5 Å². The van der Waals surface area contributed by atoms with Crippen molar-refractivity contribution in [2.75, 3.05) is 31.1 Å². The zero-order valence-electron chi connectivity index (χ0n) is 13.9. The summed E-state index contributed by atoms with van der Waals surface area (Å²) in [5.74, 6) is 0. The van der Waals surface area contributed by atoms with Crippen LogP contribution < -0.4 is 10.2 Å². The SMILES string of the molecule is Cc1ccc(N2CCN(C(=O)NC3CCCCC3)CC2)cc1Br. The van der Waals surface area contributed by atoms with Crippen molar-refractivity contribution in [1.82, 2.24) is 10.2 Å². The molecule has 23 heavy (non-hydrogen) atoms. The second-order valence-electron chi connectivity index (χ2n) is 6.69. The van der Waals surface area contributed by atoms with Crippen LogP contribution >= 0.6 is 15.9 Å². The number of nitrogens with zero attached hydrogens (tertiary/aromatic N) is 2. The van der Waals surface area contributed by atoms with Gasteiger partial charge in [0.05, 0.1) is 0 Å². The van der Waals surface area contributed by atoms with E-state index in [1.54, 1.807) is 0 Å². The van der Waals surface area contributed by atoms with Gasteiger partial charge in [-0.2, -0.15) is 0 Å². The van der Waals surface area contributed by atoms with Crippen LogP contribution in [0.2, 0.25) is 0 Å². The van der Waals surface area contributed by atoms with Gasteiger partial charge in [0.25, 0.3) is 0 Å². The fourth-order valence-corrected chi connectivity index (χ4v) is 3.83. The van der Waals surface area contributed by atoms with Crippen LogP contribution in [0.5, 0.6) is 0 Å². The molecule has 2 amide bonds. The summed E-state index contributed by atoms with van der Waals surface area (Å²) in [6.45, 7) is 5.48. The average molecular weight is 380 g/mol. The topological polar surface area (TPSA) is 35.6 Å². The summed E-state index contributed by atoms with van der Waals surface area (Å²) in [6.07, 6.45) is 6.10. The van der Waals surface area contributed by atoms with E-state index < -0.39 is 0 Å². The van der Waals surface area contributed by atoms with Crippen molar-refractivity contribution in [3.63, 3.8) is 0 Å². The molecule has 0 atom stereocenters. The van der Waals surface area contributed by atoms with Crippen LogP contribution in [0.4, 0.5) is 10.5 Å². The van der Waals surface area contributed by atoms with Gasteiger partial charge in [0.2, 0.25) is 0 Å². The second-order valence-corrected chi connectivity index (χ2v) is 7.55. The van der Waals surface area contributed by atoms with E-state index in [0.29, 0.717) is 6.04 Å². The maximum atomic E-state index is 12.4. The molecule has 1 aliphatic heterocycles. The Balaban J connectivity index is 1.51. The highest BCUT2D eigenvalue weighted by molar-refractivity contribution is 9.10. The lowest BCUT2D eigenvalue weighted by atomic mass is 9.96. The number of carbonyl (C=O) groups is 1. The third-order valence-corrected chi connectivity index (χ3v) is 5.87. The lowest BCUT2D eigenvalue weighted by molar-refractivity contribution is 0.186. The standard InChI is InChI=1S/C18H26BrN3O/c1-14-7-8-16(13-17(14)19)21-9-11-22(12-10-21)18(23)20-15-5-3-2-4-6-15/h7-8,13,15H,2-6,9-12H2,1H3,(H,20,23). The highest BCUT2D eigenvalue weighted by Gasteiger charge is 2.24. The van der Waals surface area contributed by atoms with E-state index in [1.807, 2.05) is 4.90 Å². The van der Waals surface area contributed by atoms with Crippen LogP contribution in [-0.4, -0.2) is 43.2 Å². The molecule has 0 bridgehead atoms. The number of anilines is 1. The van der Waals surface area contributed by atoms with E-state index in [-0.39, 0.29) is 6.03 Å². The quantitative estimate of drug-likeness (QED) is 0.844. The fourth-order valence-electron chi connectivity index (χ4n) is 3.46. The Bertz CT molecular complexity index is 549. The highest BCUT2D eigenvalue weighted by Crippen LogP contribution is 2.24. The molecule has 1 saturated carbocycles. The molecule has 4 nitrogen and oxygen atoms in total. The Morgan fingerprint density at radius 3 is 2.48 bits per heavy atom. The molecule has 0 unspecified atom stereocenters. The van der Waals surface area contributed by atoms with E-state index in [1.165, 1.54) is 30.5 Å². The summed E-state index contributed by atoms with van der Waals surface area (Å²) < 4.78 is 1.15. The van der Waals surface area contributed by atoms with Crippen LogP contribution in [-0.2, 0) is 0 Å². The number of piperazine rings is 1. The van der Waals surface area contributed by atoms with Crippen molar-refractivity contribution in [2.24, 2.45) is 0 Å². The first-order valence-corrected chi connectivity index (χ1v) is 9.49. The Morgan fingerprint density at radius 1 is 1.13 bits per heavy atom. The van der Waals surface area contributed by atoms with Gasteiger partial charge >= 0.3 is 6.03 Å². The van der Waals surface area contributed by atoms with Crippen molar-refractivity contribution in [2.45, 2.75) is 45.1 Å². The predicted molar refractivity (Wildman–Crippen MR) is 98.1 cm³/mol. The van der Waals surface area contributed by atoms with E-state index in [4.69, 9.17) is 0 Å². The number of aryl methyl sites for hydroxylation is 1. The number of benzene rings is 1. The largest absolute Gasteiger partial charge is 0.368 e. The first kappa shape index (κ1) is 16.6. The molecule has 2 fully saturated rings. The smallest absolute Gasteiger partial charge is 0.317 e. The van der Waals surface area contributed by atoms with Gasteiger partial charge in [-0.15, -0.1) is 0 Å². The molecular weight excluding hydrogens is 354 g/mol. The van der Waals surface area contributed by atoms with E-state index in [9.17, 15) is 4.79 Å². The molecule has 1 aliphatic carbocycles. The Hall–Kier alpha value is -1.23. The van der Waals surface area contributed by atoms with E-state index in [2.05, 4.69) is 51.3 Å².